The number of hydrogen-bond acceptors (Lipinski definition) is 6. The number of nitrogens with one attached hydrogen (secondary N) is 2. The average Bonchev–Trinajstić information content (AvgIpc) is 3.32. The molecule has 0 unspecified atom stereocenters. The van der Waals surface area contributed by atoms with Gasteiger partial charge in [-0.1, -0.05) is 24.3 Å². The molecule has 1 aliphatic heterocycles. The van der Waals surface area contributed by atoms with E-state index in [0.29, 0.717) is 13.1 Å². The summed E-state index contributed by atoms with van der Waals surface area (Å²) in [5.74, 6) is 0. The first-order chi connectivity index (χ1) is 15.4. The van der Waals surface area contributed by atoms with E-state index >= 15 is 0 Å². The van der Waals surface area contributed by atoms with Gasteiger partial charge in [-0.05, 0) is 53.9 Å². The fourth-order valence-corrected chi connectivity index (χ4v) is 4.31. The van der Waals surface area contributed by atoms with E-state index in [-0.39, 0.29) is 13.2 Å². The van der Waals surface area contributed by atoms with Crippen molar-refractivity contribution in [2.24, 2.45) is 0 Å². The Hall–Kier alpha value is -2.68. The number of aromatic amines is 1. The first-order valence-electron chi connectivity index (χ1n) is 10.9. The number of hydrogen-bond donors (Lipinski definition) is 6. The van der Waals surface area contributed by atoms with Crippen LogP contribution in [0, 0.1) is 6.92 Å². The lowest BCUT2D eigenvalue weighted by Crippen LogP contribution is -2.62. The molecule has 32 heavy (non-hydrogen) atoms. The third kappa shape index (κ3) is 5.03. The maximum absolute atomic E-state index is 10.2. The highest BCUT2D eigenvalue weighted by atomic mass is 16.4. The minimum Gasteiger partial charge on any atom is -0.395 e. The first kappa shape index (κ1) is 22.5. The van der Waals surface area contributed by atoms with Crippen LogP contribution in [-0.2, 0) is 13.1 Å². The van der Waals surface area contributed by atoms with E-state index in [2.05, 4.69) is 41.5 Å². The third-order valence-electron chi connectivity index (χ3n) is 6.11. The van der Waals surface area contributed by atoms with Crippen molar-refractivity contribution in [1.29, 1.82) is 0 Å². The van der Waals surface area contributed by atoms with Gasteiger partial charge in [0.2, 0.25) is 0 Å². The van der Waals surface area contributed by atoms with Gasteiger partial charge in [0.05, 0.1) is 18.8 Å². The fourth-order valence-electron chi connectivity index (χ4n) is 4.31. The predicted octanol–water partition coefficient (Wildman–Crippen LogP) is 1.86. The summed E-state index contributed by atoms with van der Waals surface area (Å²) in [5.41, 5.74) is 6.60. The quantitative estimate of drug-likeness (QED) is 0.337. The number of piperidine rings is 1. The number of nitrogens with zero attached hydrogens (tertiary/aromatic N) is 1. The van der Waals surface area contributed by atoms with Crippen LogP contribution in [0.2, 0.25) is 0 Å². The Balaban J connectivity index is 1.38. The summed E-state index contributed by atoms with van der Waals surface area (Å²) in [6.45, 7) is 3.15. The Morgan fingerprint density at radius 2 is 1.75 bits per heavy atom. The number of H-pyrrole nitrogens is 1. The minimum atomic E-state index is -1.24. The van der Waals surface area contributed by atoms with Crippen LogP contribution in [0.15, 0.2) is 60.8 Å². The molecular weight excluding hydrogens is 406 g/mol. The summed E-state index contributed by atoms with van der Waals surface area (Å²) in [5, 5.41) is 43.1. The number of benzene rings is 2. The minimum absolute atomic E-state index is 0.198. The molecule has 2 heterocycles. The van der Waals surface area contributed by atoms with Crippen LogP contribution in [-0.4, -0.2) is 67.8 Å². The molecule has 0 bridgehead atoms. The van der Waals surface area contributed by atoms with E-state index in [1.807, 2.05) is 41.4 Å². The van der Waals surface area contributed by atoms with Crippen molar-refractivity contribution in [3.63, 3.8) is 0 Å². The molecule has 3 aromatic rings. The van der Waals surface area contributed by atoms with Crippen molar-refractivity contribution in [2.75, 3.05) is 18.5 Å². The Bertz CT molecular complexity index is 1010. The van der Waals surface area contributed by atoms with Crippen LogP contribution in [0.25, 0.3) is 11.3 Å². The fraction of sp³-hybridized carbons (Fsp3) is 0.360. The number of aromatic nitrogens is 1. The van der Waals surface area contributed by atoms with Gasteiger partial charge in [-0.3, -0.25) is 4.90 Å². The molecule has 4 atom stereocenters. The lowest BCUT2D eigenvalue weighted by Gasteiger charge is -2.43. The standard InChI is InChI=1S/C25H31N3O4/c1-16-9-19(21-3-2-8-26-21)11-20(10-16)27-12-17-4-6-18(7-5-17)13-28-14-23(30)25(32)24(31)22(28)15-29/h2-11,22-27,29-32H,12-15H2,1H3/t22-,23+,24-,25-/m1/s1. The van der Waals surface area contributed by atoms with Crippen molar-refractivity contribution in [3.8, 4) is 11.3 Å². The summed E-state index contributed by atoms with van der Waals surface area (Å²) >= 11 is 0. The number of likely N-dealkylation sites (tertiary alicyclic amines) is 1. The number of aliphatic hydroxyl groups excluding tert-OH is 4. The zero-order chi connectivity index (χ0) is 22.7. The van der Waals surface area contributed by atoms with Gasteiger partial charge in [0.15, 0.2) is 0 Å². The Kier molecular flexibility index (Phi) is 6.93. The largest absolute Gasteiger partial charge is 0.395 e. The van der Waals surface area contributed by atoms with Gasteiger partial charge in [0, 0.05) is 42.8 Å². The first-order valence-corrected chi connectivity index (χ1v) is 10.9. The summed E-state index contributed by atoms with van der Waals surface area (Å²) in [6.07, 6.45) is -1.54. The van der Waals surface area contributed by atoms with E-state index in [1.54, 1.807) is 0 Å². The zero-order valence-electron chi connectivity index (χ0n) is 18.1. The Morgan fingerprint density at radius 1 is 1.00 bits per heavy atom. The molecule has 7 nitrogen and oxygen atoms in total. The molecule has 0 amide bonds. The maximum atomic E-state index is 10.2. The van der Waals surface area contributed by atoms with Crippen LogP contribution in [0.3, 0.4) is 0 Å². The number of rotatable bonds is 7. The second kappa shape index (κ2) is 9.85. The predicted molar refractivity (Wildman–Crippen MR) is 124 cm³/mol. The van der Waals surface area contributed by atoms with E-state index < -0.39 is 24.4 Å². The van der Waals surface area contributed by atoms with Crippen molar-refractivity contribution in [2.45, 2.75) is 44.4 Å². The Labute approximate surface area is 188 Å². The molecule has 0 radical (unpaired) electrons. The number of aryl methyl sites for hydroxylation is 1. The monoisotopic (exact) mass is 437 g/mol. The second-order valence-electron chi connectivity index (χ2n) is 8.57. The highest BCUT2D eigenvalue weighted by Crippen LogP contribution is 2.24. The van der Waals surface area contributed by atoms with Gasteiger partial charge in [-0.25, -0.2) is 0 Å². The Morgan fingerprint density at radius 3 is 2.44 bits per heavy atom. The summed E-state index contributed by atoms with van der Waals surface area (Å²) in [4.78, 5) is 5.05. The molecule has 0 saturated carbocycles. The van der Waals surface area contributed by atoms with Crippen LogP contribution >= 0.6 is 0 Å². The molecule has 0 aliphatic carbocycles. The maximum Gasteiger partial charge on any atom is 0.109 e. The van der Waals surface area contributed by atoms with Crippen LogP contribution in [0.5, 0.6) is 0 Å². The molecule has 1 aliphatic rings. The van der Waals surface area contributed by atoms with Gasteiger partial charge >= 0.3 is 0 Å². The normalized spacial score (nSPS) is 23.9. The number of anilines is 1. The number of aliphatic hydroxyl groups is 4. The highest BCUT2D eigenvalue weighted by molar-refractivity contribution is 5.66. The lowest BCUT2D eigenvalue weighted by atomic mass is 9.93. The van der Waals surface area contributed by atoms with Crippen molar-refractivity contribution in [3.05, 3.63) is 77.5 Å². The van der Waals surface area contributed by atoms with E-state index in [4.69, 9.17) is 0 Å². The van der Waals surface area contributed by atoms with E-state index in [9.17, 15) is 20.4 Å². The molecule has 7 heteroatoms. The molecule has 4 rings (SSSR count). The van der Waals surface area contributed by atoms with Crippen molar-refractivity contribution >= 4 is 5.69 Å². The SMILES string of the molecule is Cc1cc(NCc2ccc(CN3C[C@H](O)[C@@H](O)[C@H](O)[C@H]3CO)cc2)cc(-c2ccc[nH]2)c1. The summed E-state index contributed by atoms with van der Waals surface area (Å²) in [6, 6.07) is 17.9. The van der Waals surface area contributed by atoms with Crippen LogP contribution in [0.4, 0.5) is 5.69 Å². The topological polar surface area (TPSA) is 112 Å². The van der Waals surface area contributed by atoms with Gasteiger partial charge < -0.3 is 30.7 Å². The van der Waals surface area contributed by atoms with Gasteiger partial charge in [0.25, 0.3) is 0 Å². The molecule has 0 spiro atoms. The highest BCUT2D eigenvalue weighted by Gasteiger charge is 2.40. The van der Waals surface area contributed by atoms with E-state index in [0.717, 1.165) is 28.1 Å². The molecule has 1 saturated heterocycles. The van der Waals surface area contributed by atoms with Crippen LogP contribution in [0.1, 0.15) is 16.7 Å². The smallest absolute Gasteiger partial charge is 0.109 e. The number of β-amino-alcohol motifs (C(OH)–C–C–N with tert-alkyl or cyclic N) is 1. The van der Waals surface area contributed by atoms with Crippen molar-refractivity contribution < 1.29 is 20.4 Å². The molecular formula is C25H31N3O4. The third-order valence-corrected chi connectivity index (χ3v) is 6.11. The van der Waals surface area contributed by atoms with E-state index in [1.165, 1.54) is 5.56 Å². The van der Waals surface area contributed by atoms with Gasteiger partial charge in [0.1, 0.15) is 12.2 Å². The average molecular weight is 438 g/mol. The summed E-state index contributed by atoms with van der Waals surface area (Å²) in [7, 11) is 0. The molecule has 1 fully saturated rings. The molecule has 1 aromatic heterocycles. The zero-order valence-corrected chi connectivity index (χ0v) is 18.1. The van der Waals surface area contributed by atoms with Crippen LogP contribution < -0.4 is 5.32 Å². The molecule has 170 valence electrons. The lowest BCUT2D eigenvalue weighted by molar-refractivity contribution is -0.147. The van der Waals surface area contributed by atoms with Gasteiger partial charge in [-0.2, -0.15) is 0 Å². The molecule has 2 aromatic carbocycles. The second-order valence-corrected chi connectivity index (χ2v) is 8.57. The molecule has 6 N–H and O–H groups in total. The summed E-state index contributed by atoms with van der Waals surface area (Å²) < 4.78 is 0. The van der Waals surface area contributed by atoms with Crippen molar-refractivity contribution in [1.82, 2.24) is 9.88 Å². The van der Waals surface area contributed by atoms with Gasteiger partial charge in [-0.15, -0.1) is 0 Å².